The number of alkyl halides is 6. The predicted molar refractivity (Wildman–Crippen MR) is 127 cm³/mol. The third-order valence-electron chi connectivity index (χ3n) is 6.09. The van der Waals surface area contributed by atoms with Crippen molar-refractivity contribution < 1.29 is 45.4 Å². The van der Waals surface area contributed by atoms with Crippen molar-refractivity contribution in [3.63, 3.8) is 0 Å². The number of nitrogens with one attached hydrogen (secondary N) is 1. The highest BCUT2D eigenvalue weighted by atomic mass is 19.4. The number of alkyl carbamates (subject to hydrolysis) is 1. The summed E-state index contributed by atoms with van der Waals surface area (Å²) >= 11 is 0. The number of fused-ring (bicyclic) bond motifs is 1. The van der Waals surface area contributed by atoms with E-state index in [1.807, 2.05) is 5.32 Å². The van der Waals surface area contributed by atoms with Gasteiger partial charge in [0.25, 0.3) is 5.91 Å². The number of carbonyl (C=O) groups excluding carboxylic acids is 2. The quantitative estimate of drug-likeness (QED) is 0.335. The lowest BCUT2D eigenvalue weighted by atomic mass is 10.0. The van der Waals surface area contributed by atoms with Crippen molar-refractivity contribution >= 4 is 23.0 Å². The van der Waals surface area contributed by atoms with Crippen molar-refractivity contribution in [2.24, 2.45) is 0 Å². The van der Waals surface area contributed by atoms with Gasteiger partial charge in [0.15, 0.2) is 6.10 Å². The smallest absolute Gasteiger partial charge is 0.435 e. The Balaban J connectivity index is 1.58. The minimum atomic E-state index is -5.00. The monoisotopic (exact) mass is 565 g/mol. The second-order valence-electron chi connectivity index (χ2n) is 8.86. The Morgan fingerprint density at radius 3 is 2.25 bits per heavy atom. The summed E-state index contributed by atoms with van der Waals surface area (Å²) in [6.45, 7) is -0.215. The first-order valence-corrected chi connectivity index (χ1v) is 11.6. The first-order valence-electron chi connectivity index (χ1n) is 11.6. The lowest BCUT2D eigenvalue weighted by Crippen LogP contribution is -2.26. The van der Waals surface area contributed by atoms with E-state index >= 15 is 0 Å². The highest BCUT2D eigenvalue weighted by Crippen LogP contribution is 2.33. The zero-order valence-corrected chi connectivity index (χ0v) is 20.0. The van der Waals surface area contributed by atoms with Crippen LogP contribution in [0, 0.1) is 0 Å². The van der Waals surface area contributed by atoms with E-state index in [1.165, 1.54) is 12.1 Å². The first-order chi connectivity index (χ1) is 18.8. The Hall–Kier alpha value is -4.75. The van der Waals surface area contributed by atoms with Crippen LogP contribution in [0.2, 0.25) is 0 Å². The Kier molecular flexibility index (Phi) is 6.56. The molecule has 1 aromatic heterocycles. The van der Waals surface area contributed by atoms with E-state index < -0.39 is 47.6 Å². The SMILES string of the molecule is O=C1NC(=O)C(Cc2cccc(Cn3c(=O)n(-c4cccc(OC(F)(F)F)c4)c4ccc(C(F)(F)F)cc43)c2)O1. The van der Waals surface area contributed by atoms with Crippen LogP contribution in [0.5, 0.6) is 5.75 Å². The number of hydrogen-bond acceptors (Lipinski definition) is 5. The van der Waals surface area contributed by atoms with Crippen molar-refractivity contribution in [1.29, 1.82) is 0 Å². The molecule has 0 saturated carbocycles. The minimum absolute atomic E-state index is 0.0201. The molecule has 4 aromatic rings. The van der Waals surface area contributed by atoms with E-state index in [1.54, 1.807) is 24.3 Å². The maximum Gasteiger partial charge on any atom is 0.573 e. The number of halogens is 6. The molecule has 0 aliphatic carbocycles. The molecular weight excluding hydrogens is 548 g/mol. The van der Waals surface area contributed by atoms with Crippen LogP contribution in [0.25, 0.3) is 16.7 Å². The highest BCUT2D eigenvalue weighted by molar-refractivity contribution is 6.00. The molecule has 0 bridgehead atoms. The normalized spacial score (nSPS) is 15.8. The molecule has 1 fully saturated rings. The van der Waals surface area contributed by atoms with Crippen molar-refractivity contribution in [3.05, 3.63) is 93.9 Å². The van der Waals surface area contributed by atoms with Gasteiger partial charge in [-0.05, 0) is 41.5 Å². The molecule has 14 heteroatoms. The number of imide groups is 1. The number of imidazole rings is 1. The fraction of sp³-hybridized carbons (Fsp3) is 0.192. The second kappa shape index (κ2) is 9.77. The molecule has 1 unspecified atom stereocenters. The van der Waals surface area contributed by atoms with E-state index in [2.05, 4.69) is 4.74 Å². The van der Waals surface area contributed by atoms with Crippen LogP contribution < -0.4 is 15.7 Å². The third kappa shape index (κ3) is 5.51. The van der Waals surface area contributed by atoms with Crippen LogP contribution in [0.3, 0.4) is 0 Å². The summed E-state index contributed by atoms with van der Waals surface area (Å²) < 4.78 is 89.8. The predicted octanol–water partition coefficient (Wildman–Crippen LogP) is 4.94. The van der Waals surface area contributed by atoms with E-state index in [9.17, 15) is 40.7 Å². The van der Waals surface area contributed by atoms with Gasteiger partial charge in [0.2, 0.25) is 0 Å². The largest absolute Gasteiger partial charge is 0.573 e. The zero-order valence-electron chi connectivity index (χ0n) is 20.0. The molecule has 1 aliphatic rings. The van der Waals surface area contributed by atoms with Gasteiger partial charge in [0, 0.05) is 12.5 Å². The summed E-state index contributed by atoms with van der Waals surface area (Å²) in [5.41, 5.74) is -0.967. The topological polar surface area (TPSA) is 91.6 Å². The van der Waals surface area contributed by atoms with Crippen LogP contribution >= 0.6 is 0 Å². The molecular formula is C26H17F6N3O5. The molecule has 1 atom stereocenters. The molecule has 0 spiro atoms. The van der Waals surface area contributed by atoms with Crippen LogP contribution in [0.15, 0.2) is 71.5 Å². The molecule has 0 radical (unpaired) electrons. The number of benzene rings is 3. The third-order valence-corrected chi connectivity index (χ3v) is 6.09. The van der Waals surface area contributed by atoms with Gasteiger partial charge < -0.3 is 9.47 Å². The van der Waals surface area contributed by atoms with Gasteiger partial charge in [-0.15, -0.1) is 13.2 Å². The Labute approximate surface area is 220 Å². The standard InChI is InChI=1S/C26H17F6N3O5/c27-25(28,29)16-7-8-19-20(11-16)34(24(38)35(19)17-5-2-6-18(12-17)40-26(30,31)32)13-15-4-1-3-14(9-15)10-21-22(36)33-23(37)39-21/h1-9,11-12,21H,10,13H2,(H,33,36,37). The molecule has 1 saturated heterocycles. The molecule has 5 rings (SSSR count). The van der Waals surface area contributed by atoms with Gasteiger partial charge in [-0.1, -0.05) is 30.3 Å². The van der Waals surface area contributed by atoms with E-state index in [4.69, 9.17) is 4.74 Å². The molecule has 8 nitrogen and oxygen atoms in total. The van der Waals surface area contributed by atoms with Gasteiger partial charge in [-0.25, -0.2) is 9.59 Å². The lowest BCUT2D eigenvalue weighted by molar-refractivity contribution is -0.274. The number of nitrogens with zero attached hydrogens (tertiary/aromatic N) is 2. The zero-order chi connectivity index (χ0) is 28.8. The maximum atomic E-state index is 13.6. The molecule has 40 heavy (non-hydrogen) atoms. The van der Waals surface area contributed by atoms with Crippen molar-refractivity contribution in [2.75, 3.05) is 0 Å². The van der Waals surface area contributed by atoms with Gasteiger partial charge in [0.05, 0.1) is 28.8 Å². The molecule has 2 heterocycles. The number of amides is 2. The molecule has 1 aliphatic heterocycles. The maximum absolute atomic E-state index is 13.6. The number of hydrogen-bond donors (Lipinski definition) is 1. The lowest BCUT2D eigenvalue weighted by Gasteiger charge is -2.11. The van der Waals surface area contributed by atoms with Crippen molar-refractivity contribution in [3.8, 4) is 11.4 Å². The van der Waals surface area contributed by atoms with Gasteiger partial charge in [0.1, 0.15) is 5.75 Å². The molecule has 3 aromatic carbocycles. The number of rotatable bonds is 6. The highest BCUT2D eigenvalue weighted by Gasteiger charge is 2.34. The first kappa shape index (κ1) is 26.8. The molecule has 2 amide bonds. The van der Waals surface area contributed by atoms with Gasteiger partial charge in [-0.3, -0.25) is 19.2 Å². The Morgan fingerprint density at radius 2 is 1.57 bits per heavy atom. The van der Waals surface area contributed by atoms with Crippen LogP contribution in [0.1, 0.15) is 16.7 Å². The fourth-order valence-electron chi connectivity index (χ4n) is 4.43. The summed E-state index contributed by atoms with van der Waals surface area (Å²) in [5, 5.41) is 2.01. The Morgan fingerprint density at radius 1 is 0.850 bits per heavy atom. The molecule has 1 N–H and O–H groups in total. The van der Waals surface area contributed by atoms with E-state index in [-0.39, 0.29) is 29.7 Å². The number of carbonyl (C=O) groups is 2. The van der Waals surface area contributed by atoms with Crippen molar-refractivity contribution in [1.82, 2.24) is 14.5 Å². The summed E-state index contributed by atoms with van der Waals surface area (Å²) in [6, 6.07) is 13.6. The number of aromatic nitrogens is 2. The summed E-state index contributed by atoms with van der Waals surface area (Å²) in [6.07, 6.45) is -11.6. The van der Waals surface area contributed by atoms with Gasteiger partial charge in [-0.2, -0.15) is 13.2 Å². The van der Waals surface area contributed by atoms with Crippen molar-refractivity contribution in [2.45, 2.75) is 31.6 Å². The number of ether oxygens (including phenoxy) is 2. The summed E-state index contributed by atoms with van der Waals surface area (Å²) in [7, 11) is 0. The fourth-order valence-corrected chi connectivity index (χ4v) is 4.43. The average molecular weight is 565 g/mol. The van der Waals surface area contributed by atoms with Crippen LogP contribution in [-0.4, -0.2) is 33.6 Å². The summed E-state index contributed by atoms with van der Waals surface area (Å²) in [5.74, 6) is -1.24. The van der Waals surface area contributed by atoms with E-state index in [0.717, 1.165) is 39.5 Å². The minimum Gasteiger partial charge on any atom is -0.435 e. The van der Waals surface area contributed by atoms with Crippen LogP contribution in [0.4, 0.5) is 31.1 Å². The van der Waals surface area contributed by atoms with Crippen LogP contribution in [-0.2, 0) is 28.7 Å². The summed E-state index contributed by atoms with van der Waals surface area (Å²) in [4.78, 5) is 36.7. The Bertz CT molecular complexity index is 1690. The average Bonchev–Trinajstić information content (AvgIpc) is 3.31. The number of cyclic esters (lactones) is 1. The van der Waals surface area contributed by atoms with E-state index in [0.29, 0.717) is 11.1 Å². The molecule has 208 valence electrons. The second-order valence-corrected chi connectivity index (χ2v) is 8.86. The van der Waals surface area contributed by atoms with Gasteiger partial charge >= 0.3 is 24.3 Å².